The molecule has 0 fully saturated rings. The number of aryl methyl sites for hydroxylation is 1. The highest BCUT2D eigenvalue weighted by Crippen LogP contribution is 2.27. The summed E-state index contributed by atoms with van der Waals surface area (Å²) in [6.07, 6.45) is 1.84. The van der Waals surface area contributed by atoms with Crippen LogP contribution in [0.5, 0.6) is 0 Å². The molecule has 124 valence electrons. The molecule has 6 nitrogen and oxygen atoms in total. The number of hydrogen-bond acceptors (Lipinski definition) is 5. The molecule has 0 saturated heterocycles. The van der Waals surface area contributed by atoms with Crippen molar-refractivity contribution in [1.29, 1.82) is 0 Å². The van der Waals surface area contributed by atoms with Gasteiger partial charge in [0.25, 0.3) is 0 Å². The van der Waals surface area contributed by atoms with Crippen LogP contribution < -0.4 is 5.32 Å². The van der Waals surface area contributed by atoms with Crippen LogP contribution in [0.3, 0.4) is 0 Å². The summed E-state index contributed by atoms with van der Waals surface area (Å²) in [5, 5.41) is 8.56. The minimum absolute atomic E-state index is 0.276. The van der Waals surface area contributed by atoms with Gasteiger partial charge in [0.1, 0.15) is 0 Å². The van der Waals surface area contributed by atoms with Crippen LogP contribution >= 0.6 is 15.9 Å². The van der Waals surface area contributed by atoms with Gasteiger partial charge in [0.2, 0.25) is 0 Å². The Labute approximate surface area is 148 Å². The number of carbonyl (C=O) groups is 1. The third-order valence-corrected chi connectivity index (χ3v) is 4.46. The number of ether oxygens (including phenoxy) is 1. The molecule has 0 aliphatic carbocycles. The molecule has 0 spiro atoms. The Kier molecular flexibility index (Phi) is 4.53. The maximum atomic E-state index is 11.9. The van der Waals surface area contributed by atoms with Gasteiger partial charge in [-0.3, -0.25) is 4.68 Å². The van der Waals surface area contributed by atoms with E-state index in [0.29, 0.717) is 6.54 Å². The van der Waals surface area contributed by atoms with Crippen molar-refractivity contribution in [2.45, 2.75) is 13.5 Å². The van der Waals surface area contributed by atoms with Crippen LogP contribution in [0, 0.1) is 6.92 Å². The Hall–Kier alpha value is -2.41. The second-order valence-electron chi connectivity index (χ2n) is 5.44. The predicted molar refractivity (Wildman–Crippen MR) is 96.1 cm³/mol. The Morgan fingerprint density at radius 1 is 1.38 bits per heavy atom. The number of nitrogens with one attached hydrogen (secondary N) is 1. The molecule has 24 heavy (non-hydrogen) atoms. The monoisotopic (exact) mass is 388 g/mol. The Bertz CT molecular complexity index is 920. The van der Waals surface area contributed by atoms with E-state index in [1.54, 1.807) is 6.07 Å². The van der Waals surface area contributed by atoms with Gasteiger partial charge in [-0.15, -0.1) is 0 Å². The van der Waals surface area contributed by atoms with Gasteiger partial charge in [0.05, 0.1) is 18.8 Å². The number of benzene rings is 1. The van der Waals surface area contributed by atoms with Gasteiger partial charge in [-0.2, -0.15) is 5.10 Å². The number of esters is 1. The van der Waals surface area contributed by atoms with Gasteiger partial charge >= 0.3 is 5.97 Å². The molecule has 0 amide bonds. The molecule has 0 radical (unpaired) electrons. The lowest BCUT2D eigenvalue weighted by Gasteiger charge is -2.12. The van der Waals surface area contributed by atoms with Crippen molar-refractivity contribution >= 4 is 38.5 Å². The largest absolute Gasteiger partial charge is 0.464 e. The quantitative estimate of drug-likeness (QED) is 0.693. The van der Waals surface area contributed by atoms with E-state index in [9.17, 15) is 4.79 Å². The summed E-state index contributed by atoms with van der Waals surface area (Å²) >= 11 is 3.48. The summed E-state index contributed by atoms with van der Waals surface area (Å²) in [5.41, 5.74) is 4.02. The second-order valence-corrected chi connectivity index (χ2v) is 6.36. The number of nitrogens with zero attached hydrogens (tertiary/aromatic N) is 3. The molecule has 0 aliphatic rings. The zero-order valence-electron chi connectivity index (χ0n) is 13.6. The molecular weight excluding hydrogens is 372 g/mol. The van der Waals surface area contributed by atoms with Crippen LogP contribution in [0.2, 0.25) is 0 Å². The van der Waals surface area contributed by atoms with E-state index in [4.69, 9.17) is 4.74 Å². The Morgan fingerprint density at radius 2 is 2.17 bits per heavy atom. The number of pyridine rings is 1. The topological polar surface area (TPSA) is 69.0 Å². The molecule has 7 heteroatoms. The maximum Gasteiger partial charge on any atom is 0.356 e. The zero-order chi connectivity index (χ0) is 17.3. The molecule has 3 aromatic rings. The number of carbonyl (C=O) groups excluding carboxylic acids is 1. The van der Waals surface area contributed by atoms with Crippen LogP contribution in [-0.2, 0) is 18.3 Å². The van der Waals surface area contributed by atoms with E-state index >= 15 is 0 Å². The smallest absolute Gasteiger partial charge is 0.356 e. The third-order valence-electron chi connectivity index (χ3n) is 3.97. The lowest BCUT2D eigenvalue weighted by atomic mass is 10.1. The standard InChI is InChI=1S/C17H17BrN4O2/c1-10-11(9-20-22(10)2)8-19-15-7-16(17(23)24-3)21-14-5-4-12(18)6-13(14)15/h4-7,9H,8H2,1-3H3,(H,19,21). The second kappa shape index (κ2) is 6.60. The lowest BCUT2D eigenvalue weighted by Crippen LogP contribution is -2.08. The van der Waals surface area contributed by atoms with E-state index in [-0.39, 0.29) is 5.69 Å². The average molecular weight is 389 g/mol. The third kappa shape index (κ3) is 3.12. The fourth-order valence-electron chi connectivity index (χ4n) is 2.46. The van der Waals surface area contributed by atoms with Crippen molar-refractivity contribution in [2.24, 2.45) is 7.05 Å². The molecule has 3 rings (SSSR count). The number of aromatic nitrogens is 3. The van der Waals surface area contributed by atoms with Gasteiger partial charge in [0.15, 0.2) is 5.69 Å². The first-order valence-corrected chi connectivity index (χ1v) is 8.19. The zero-order valence-corrected chi connectivity index (χ0v) is 15.2. The number of fused-ring (bicyclic) bond motifs is 1. The lowest BCUT2D eigenvalue weighted by molar-refractivity contribution is 0.0594. The molecule has 1 N–H and O–H groups in total. The predicted octanol–water partition coefficient (Wildman–Crippen LogP) is 3.44. The van der Waals surface area contributed by atoms with Crippen molar-refractivity contribution in [2.75, 3.05) is 12.4 Å². The molecule has 2 aromatic heterocycles. The van der Waals surface area contributed by atoms with E-state index in [1.165, 1.54) is 7.11 Å². The molecule has 0 bridgehead atoms. The summed E-state index contributed by atoms with van der Waals surface area (Å²) in [6, 6.07) is 7.45. The van der Waals surface area contributed by atoms with Crippen LogP contribution in [0.15, 0.2) is 34.9 Å². The molecule has 0 unspecified atom stereocenters. The Balaban J connectivity index is 2.02. The molecule has 2 heterocycles. The fourth-order valence-corrected chi connectivity index (χ4v) is 2.82. The van der Waals surface area contributed by atoms with E-state index < -0.39 is 5.97 Å². The molecule has 0 saturated carbocycles. The summed E-state index contributed by atoms with van der Waals surface area (Å²) in [7, 11) is 3.26. The Morgan fingerprint density at radius 3 is 2.83 bits per heavy atom. The average Bonchev–Trinajstić information content (AvgIpc) is 2.90. The van der Waals surface area contributed by atoms with Crippen molar-refractivity contribution in [1.82, 2.24) is 14.8 Å². The van der Waals surface area contributed by atoms with Crippen molar-refractivity contribution in [3.63, 3.8) is 0 Å². The summed E-state index contributed by atoms with van der Waals surface area (Å²) in [4.78, 5) is 16.2. The minimum atomic E-state index is -0.458. The number of halogens is 1. The summed E-state index contributed by atoms with van der Waals surface area (Å²) in [6.45, 7) is 2.62. The van der Waals surface area contributed by atoms with Crippen LogP contribution in [0.4, 0.5) is 5.69 Å². The van der Waals surface area contributed by atoms with Crippen molar-refractivity contribution < 1.29 is 9.53 Å². The number of rotatable bonds is 4. The van der Waals surface area contributed by atoms with Crippen LogP contribution in [0.25, 0.3) is 10.9 Å². The van der Waals surface area contributed by atoms with Gasteiger partial charge in [-0.25, -0.2) is 9.78 Å². The highest BCUT2D eigenvalue weighted by atomic mass is 79.9. The van der Waals surface area contributed by atoms with Gasteiger partial charge in [0, 0.05) is 40.4 Å². The minimum Gasteiger partial charge on any atom is -0.464 e. The first kappa shape index (κ1) is 16.4. The molecule has 0 atom stereocenters. The summed E-state index contributed by atoms with van der Waals surface area (Å²) in [5.74, 6) is -0.458. The number of anilines is 1. The first-order chi connectivity index (χ1) is 11.5. The van der Waals surface area contributed by atoms with Gasteiger partial charge in [-0.05, 0) is 31.2 Å². The fraction of sp³-hybridized carbons (Fsp3) is 0.235. The molecular formula is C17H17BrN4O2. The number of hydrogen-bond donors (Lipinski definition) is 1. The SMILES string of the molecule is COC(=O)c1cc(NCc2cnn(C)c2C)c2cc(Br)ccc2n1. The molecule has 0 aliphatic heterocycles. The van der Waals surface area contributed by atoms with E-state index in [0.717, 1.165) is 32.3 Å². The van der Waals surface area contributed by atoms with Gasteiger partial charge < -0.3 is 10.1 Å². The number of methoxy groups -OCH3 is 1. The van der Waals surface area contributed by atoms with Crippen LogP contribution in [0.1, 0.15) is 21.7 Å². The van der Waals surface area contributed by atoms with Crippen molar-refractivity contribution in [3.8, 4) is 0 Å². The van der Waals surface area contributed by atoms with E-state index in [2.05, 4.69) is 31.3 Å². The first-order valence-electron chi connectivity index (χ1n) is 7.39. The van der Waals surface area contributed by atoms with Gasteiger partial charge in [-0.1, -0.05) is 15.9 Å². The maximum absolute atomic E-state index is 11.9. The van der Waals surface area contributed by atoms with E-state index in [1.807, 2.05) is 43.0 Å². The normalized spacial score (nSPS) is 10.8. The summed E-state index contributed by atoms with van der Waals surface area (Å²) < 4.78 is 7.58. The molecule has 1 aromatic carbocycles. The van der Waals surface area contributed by atoms with Crippen molar-refractivity contribution in [3.05, 3.63) is 51.9 Å². The highest BCUT2D eigenvalue weighted by Gasteiger charge is 2.13. The van der Waals surface area contributed by atoms with Crippen LogP contribution in [-0.4, -0.2) is 27.8 Å². The highest BCUT2D eigenvalue weighted by molar-refractivity contribution is 9.10.